The van der Waals surface area contributed by atoms with Gasteiger partial charge in [-0.15, -0.1) is 0 Å². The van der Waals surface area contributed by atoms with Crippen LogP contribution in [-0.2, 0) is 20.8 Å². The minimum Gasteiger partial charge on any atom is -0.480 e. The van der Waals surface area contributed by atoms with Gasteiger partial charge >= 0.3 is 5.97 Å². The predicted molar refractivity (Wildman–Crippen MR) is 121 cm³/mol. The van der Waals surface area contributed by atoms with Crippen molar-refractivity contribution >= 4 is 17.8 Å². The topological polar surface area (TPSA) is 90.0 Å². The van der Waals surface area contributed by atoms with Crippen molar-refractivity contribution in [2.24, 2.45) is 5.92 Å². The Labute approximate surface area is 185 Å². The largest absolute Gasteiger partial charge is 0.480 e. The molecule has 0 saturated carbocycles. The maximum absolute atomic E-state index is 13.4. The number of likely N-dealkylation sites (tertiary alicyclic amines) is 1. The molecule has 0 aromatic heterocycles. The minimum absolute atomic E-state index is 0.130. The van der Waals surface area contributed by atoms with Crippen LogP contribution in [0.2, 0.25) is 0 Å². The van der Waals surface area contributed by atoms with Gasteiger partial charge in [0.2, 0.25) is 11.8 Å². The molecule has 2 amide bonds. The Kier molecular flexibility index (Phi) is 9.49. The van der Waals surface area contributed by atoms with Gasteiger partial charge in [-0.3, -0.25) is 14.5 Å². The van der Waals surface area contributed by atoms with E-state index in [1.807, 2.05) is 44.2 Å². The fourth-order valence-electron chi connectivity index (χ4n) is 4.42. The Hall–Kier alpha value is -2.41. The molecule has 3 unspecified atom stereocenters. The monoisotopic (exact) mass is 431 g/mol. The van der Waals surface area contributed by atoms with E-state index in [1.54, 1.807) is 0 Å². The number of rotatable bonds is 11. The van der Waals surface area contributed by atoms with Crippen molar-refractivity contribution in [2.45, 2.75) is 71.5 Å². The smallest absolute Gasteiger partial charge is 0.326 e. The van der Waals surface area contributed by atoms with Crippen molar-refractivity contribution in [3.05, 3.63) is 35.9 Å². The number of hydrogen-bond acceptors (Lipinski definition) is 4. The summed E-state index contributed by atoms with van der Waals surface area (Å²) in [6.45, 7) is 10.1. The van der Waals surface area contributed by atoms with Gasteiger partial charge in [-0.25, -0.2) is 4.79 Å². The normalized spacial score (nSPS) is 19.1. The third-order valence-corrected chi connectivity index (χ3v) is 6.38. The van der Waals surface area contributed by atoms with Crippen molar-refractivity contribution in [1.29, 1.82) is 0 Å². The molecule has 1 aliphatic rings. The standard InChI is InChI=1S/C24H37N3O4/c1-5-17(4)21(26(6-2)7-3)22(28)25-19(16-18-12-9-8-10-13-18)23(29)27-15-11-14-20(27)24(30)31/h8-10,12-13,17,19-21H,5-7,11,14-16H2,1-4H3,(H,25,28)(H,30,31)/t17?,19?,20-,21?/m0/s1. The molecule has 1 saturated heterocycles. The molecule has 1 fully saturated rings. The summed E-state index contributed by atoms with van der Waals surface area (Å²) in [6, 6.07) is 7.58. The van der Waals surface area contributed by atoms with Crippen molar-refractivity contribution in [1.82, 2.24) is 15.1 Å². The van der Waals surface area contributed by atoms with Crippen LogP contribution in [0.25, 0.3) is 0 Å². The number of carboxylic acids is 1. The van der Waals surface area contributed by atoms with Gasteiger partial charge < -0.3 is 15.3 Å². The molecule has 2 N–H and O–H groups in total. The lowest BCUT2D eigenvalue weighted by Crippen LogP contribution is -2.57. The molecule has 7 nitrogen and oxygen atoms in total. The Morgan fingerprint density at radius 3 is 2.35 bits per heavy atom. The van der Waals surface area contributed by atoms with E-state index in [0.29, 0.717) is 25.8 Å². The van der Waals surface area contributed by atoms with E-state index < -0.39 is 18.1 Å². The van der Waals surface area contributed by atoms with Crippen LogP contribution in [0.15, 0.2) is 30.3 Å². The predicted octanol–water partition coefficient (Wildman–Crippen LogP) is 2.55. The molecule has 0 bridgehead atoms. The summed E-state index contributed by atoms with van der Waals surface area (Å²) in [7, 11) is 0. The van der Waals surface area contributed by atoms with Crippen LogP contribution in [0.3, 0.4) is 0 Å². The van der Waals surface area contributed by atoms with Crippen molar-refractivity contribution in [3.63, 3.8) is 0 Å². The van der Waals surface area contributed by atoms with E-state index in [2.05, 4.69) is 24.1 Å². The van der Waals surface area contributed by atoms with Crippen LogP contribution in [-0.4, -0.2) is 70.4 Å². The number of hydrogen-bond donors (Lipinski definition) is 2. The highest BCUT2D eigenvalue weighted by atomic mass is 16.4. The van der Waals surface area contributed by atoms with Crippen LogP contribution in [0, 0.1) is 5.92 Å². The van der Waals surface area contributed by atoms with Gasteiger partial charge in [-0.05, 0) is 37.4 Å². The van der Waals surface area contributed by atoms with Crippen LogP contribution in [0.4, 0.5) is 0 Å². The maximum atomic E-state index is 13.4. The molecule has 1 aromatic carbocycles. The molecular formula is C24H37N3O4. The zero-order valence-electron chi connectivity index (χ0n) is 19.2. The van der Waals surface area contributed by atoms with Gasteiger partial charge in [0, 0.05) is 13.0 Å². The number of benzene rings is 1. The second-order valence-corrected chi connectivity index (χ2v) is 8.33. The second kappa shape index (κ2) is 11.8. The highest BCUT2D eigenvalue weighted by Gasteiger charge is 2.39. The van der Waals surface area contributed by atoms with Crippen LogP contribution in [0.1, 0.15) is 52.5 Å². The number of carboxylic acid groups (broad SMARTS) is 1. The Morgan fingerprint density at radius 1 is 1.16 bits per heavy atom. The summed E-state index contributed by atoms with van der Waals surface area (Å²) in [4.78, 5) is 42.0. The summed E-state index contributed by atoms with van der Waals surface area (Å²) >= 11 is 0. The van der Waals surface area contributed by atoms with Crippen LogP contribution >= 0.6 is 0 Å². The van der Waals surface area contributed by atoms with Crippen molar-refractivity contribution < 1.29 is 19.5 Å². The Bertz CT molecular complexity index is 736. The summed E-state index contributed by atoms with van der Waals surface area (Å²) < 4.78 is 0. The van der Waals surface area contributed by atoms with Gasteiger partial charge in [0.15, 0.2) is 0 Å². The number of amides is 2. The maximum Gasteiger partial charge on any atom is 0.326 e. The summed E-state index contributed by atoms with van der Waals surface area (Å²) in [5, 5.41) is 12.5. The van der Waals surface area contributed by atoms with Crippen LogP contribution < -0.4 is 5.32 Å². The first-order valence-corrected chi connectivity index (χ1v) is 11.5. The van der Waals surface area contributed by atoms with E-state index in [4.69, 9.17) is 0 Å². The fraction of sp³-hybridized carbons (Fsp3) is 0.625. The van der Waals surface area contributed by atoms with Gasteiger partial charge in [0.1, 0.15) is 12.1 Å². The number of nitrogens with zero attached hydrogens (tertiary/aromatic N) is 2. The van der Waals surface area contributed by atoms with Gasteiger partial charge in [0.25, 0.3) is 0 Å². The molecule has 0 spiro atoms. The lowest BCUT2D eigenvalue weighted by molar-refractivity contribution is -0.149. The lowest BCUT2D eigenvalue weighted by Gasteiger charge is -2.35. The van der Waals surface area contributed by atoms with E-state index in [-0.39, 0.29) is 23.8 Å². The number of carbonyl (C=O) groups excluding carboxylic acids is 2. The van der Waals surface area contributed by atoms with Crippen molar-refractivity contribution in [2.75, 3.05) is 19.6 Å². The summed E-state index contributed by atoms with van der Waals surface area (Å²) in [5.74, 6) is -1.34. The van der Waals surface area contributed by atoms with Crippen molar-refractivity contribution in [3.8, 4) is 0 Å². The molecule has 1 aliphatic heterocycles. The average Bonchev–Trinajstić information content (AvgIpc) is 3.26. The first kappa shape index (κ1) is 24.9. The van der Waals surface area contributed by atoms with E-state index >= 15 is 0 Å². The number of carbonyl (C=O) groups is 3. The fourth-order valence-corrected chi connectivity index (χ4v) is 4.42. The highest BCUT2D eigenvalue weighted by Crippen LogP contribution is 2.21. The minimum atomic E-state index is -0.990. The quantitative estimate of drug-likeness (QED) is 0.562. The third-order valence-electron chi connectivity index (χ3n) is 6.38. The zero-order valence-corrected chi connectivity index (χ0v) is 19.2. The molecule has 2 rings (SSSR count). The molecule has 0 aliphatic carbocycles. The SMILES string of the molecule is CCC(C)C(C(=O)NC(Cc1ccccc1)C(=O)N1CCC[C@H]1C(=O)O)N(CC)CC. The lowest BCUT2D eigenvalue weighted by atomic mass is 9.95. The molecule has 172 valence electrons. The summed E-state index contributed by atoms with van der Waals surface area (Å²) in [5.41, 5.74) is 0.926. The first-order chi connectivity index (χ1) is 14.8. The molecular weight excluding hydrogens is 394 g/mol. The van der Waals surface area contributed by atoms with E-state index in [9.17, 15) is 19.5 Å². The summed E-state index contributed by atoms with van der Waals surface area (Å²) in [6.07, 6.45) is 2.28. The number of likely N-dealkylation sites (N-methyl/N-ethyl adjacent to an activating group) is 1. The molecule has 31 heavy (non-hydrogen) atoms. The molecule has 0 radical (unpaired) electrons. The first-order valence-electron chi connectivity index (χ1n) is 11.5. The number of nitrogens with one attached hydrogen (secondary N) is 1. The van der Waals surface area contributed by atoms with Crippen LogP contribution in [0.5, 0.6) is 0 Å². The molecule has 7 heteroatoms. The molecule has 1 heterocycles. The Balaban J connectivity index is 2.29. The van der Waals surface area contributed by atoms with Gasteiger partial charge in [-0.1, -0.05) is 64.4 Å². The molecule has 4 atom stereocenters. The zero-order chi connectivity index (χ0) is 23.0. The van der Waals surface area contributed by atoms with Gasteiger partial charge in [-0.2, -0.15) is 0 Å². The Morgan fingerprint density at radius 2 is 1.81 bits per heavy atom. The average molecular weight is 432 g/mol. The number of aliphatic carboxylic acids is 1. The third kappa shape index (κ3) is 6.29. The van der Waals surface area contributed by atoms with Gasteiger partial charge in [0.05, 0.1) is 6.04 Å². The highest BCUT2D eigenvalue weighted by molar-refractivity contribution is 5.92. The molecule has 1 aromatic rings. The van der Waals surface area contributed by atoms with E-state index in [1.165, 1.54) is 4.90 Å². The van der Waals surface area contributed by atoms with E-state index in [0.717, 1.165) is 25.1 Å². The second-order valence-electron chi connectivity index (χ2n) is 8.33.